The number of amides is 2. The molecule has 2 atom stereocenters. The van der Waals surface area contributed by atoms with Crippen LogP contribution in [0.3, 0.4) is 0 Å². The van der Waals surface area contributed by atoms with Crippen molar-refractivity contribution in [1.82, 2.24) is 10.6 Å². The fourth-order valence-corrected chi connectivity index (χ4v) is 2.94. The van der Waals surface area contributed by atoms with E-state index in [0.29, 0.717) is 12.3 Å². The highest BCUT2D eigenvalue weighted by atomic mass is 32.2. The normalized spacial score (nSPS) is 13.1. The van der Waals surface area contributed by atoms with Gasteiger partial charge in [-0.25, -0.2) is 13.2 Å². The average Bonchev–Trinajstić information content (AvgIpc) is 2.64. The van der Waals surface area contributed by atoms with E-state index in [1.165, 1.54) is 20.1 Å². The molecule has 1 rings (SSSR count). The van der Waals surface area contributed by atoms with Crippen LogP contribution in [0.15, 0.2) is 24.3 Å². The first kappa shape index (κ1) is 23.4. The highest BCUT2D eigenvalue weighted by Gasteiger charge is 2.28. The minimum Gasteiger partial charge on any atom is -0.496 e. The zero-order valence-electron chi connectivity index (χ0n) is 16.4. The smallest absolute Gasteiger partial charge is 0.329 e. The van der Waals surface area contributed by atoms with E-state index in [4.69, 9.17) is 9.47 Å². The second-order valence-electron chi connectivity index (χ2n) is 6.12. The van der Waals surface area contributed by atoms with Crippen LogP contribution in [0.5, 0.6) is 5.75 Å². The highest BCUT2D eigenvalue weighted by Crippen LogP contribution is 2.17. The molecular weight excluding hydrogens is 388 g/mol. The molecule has 0 aromatic heterocycles. The van der Waals surface area contributed by atoms with Crippen LogP contribution in [0, 0.1) is 0 Å². The van der Waals surface area contributed by atoms with Crippen LogP contribution in [0.1, 0.15) is 30.6 Å². The summed E-state index contributed by atoms with van der Waals surface area (Å²) in [6.07, 6.45) is -0.258. The zero-order valence-corrected chi connectivity index (χ0v) is 17.2. The minimum absolute atomic E-state index is 0.180. The second-order valence-corrected chi connectivity index (χ2v) is 8.38. The first-order valence-corrected chi connectivity index (χ1v) is 10.7. The summed E-state index contributed by atoms with van der Waals surface area (Å²) in [6.45, 7) is 3.47. The predicted molar refractivity (Wildman–Crippen MR) is 103 cm³/mol. The summed E-state index contributed by atoms with van der Waals surface area (Å²) >= 11 is 0. The number of methoxy groups -OCH3 is 1. The van der Waals surface area contributed by atoms with E-state index in [-0.39, 0.29) is 17.7 Å². The number of esters is 1. The average molecular weight is 414 g/mol. The lowest BCUT2D eigenvalue weighted by Gasteiger charge is -2.20. The van der Waals surface area contributed by atoms with Gasteiger partial charge in [0.25, 0.3) is 11.8 Å². The van der Waals surface area contributed by atoms with E-state index in [1.54, 1.807) is 25.1 Å². The van der Waals surface area contributed by atoms with Crippen LogP contribution in [0.2, 0.25) is 0 Å². The lowest BCUT2D eigenvalue weighted by atomic mass is 10.1. The predicted octanol–water partition coefficient (Wildman–Crippen LogP) is 0.296. The second kappa shape index (κ2) is 10.6. The first-order valence-electron chi connectivity index (χ1n) is 8.68. The Morgan fingerprint density at radius 2 is 1.82 bits per heavy atom. The number of hydrogen-bond donors (Lipinski definition) is 2. The molecular formula is C18H26N2O7S. The zero-order chi connectivity index (χ0) is 21.3. The van der Waals surface area contributed by atoms with Gasteiger partial charge in [-0.3, -0.25) is 9.59 Å². The van der Waals surface area contributed by atoms with Gasteiger partial charge in [0.05, 0.1) is 18.4 Å². The lowest BCUT2D eigenvalue weighted by Crippen LogP contribution is -2.46. The Morgan fingerprint density at radius 3 is 2.39 bits per heavy atom. The summed E-state index contributed by atoms with van der Waals surface area (Å²) < 4.78 is 33.2. The third kappa shape index (κ3) is 7.55. The molecule has 0 saturated carbocycles. The van der Waals surface area contributed by atoms with E-state index >= 15 is 0 Å². The van der Waals surface area contributed by atoms with Crippen LogP contribution in [0.4, 0.5) is 0 Å². The number of ether oxygens (including phenoxy) is 2. The Bertz CT molecular complexity index is 808. The van der Waals surface area contributed by atoms with Crippen LogP contribution < -0.4 is 15.4 Å². The summed E-state index contributed by atoms with van der Waals surface area (Å²) in [6, 6.07) is 5.14. The van der Waals surface area contributed by atoms with Gasteiger partial charge in [0.1, 0.15) is 21.6 Å². The molecule has 0 heterocycles. The van der Waals surface area contributed by atoms with Crippen molar-refractivity contribution in [1.29, 1.82) is 0 Å². The number of carbonyl (C=O) groups excluding carboxylic acids is 3. The van der Waals surface area contributed by atoms with Gasteiger partial charge in [0, 0.05) is 12.8 Å². The number of para-hydroxylation sites is 1. The maximum Gasteiger partial charge on any atom is 0.329 e. The highest BCUT2D eigenvalue weighted by molar-refractivity contribution is 7.90. The van der Waals surface area contributed by atoms with Crippen molar-refractivity contribution in [2.75, 3.05) is 25.7 Å². The number of nitrogens with one attached hydrogen (secondary N) is 2. The number of sulfone groups is 1. The van der Waals surface area contributed by atoms with E-state index in [9.17, 15) is 22.8 Å². The van der Waals surface area contributed by atoms with Crippen LogP contribution >= 0.6 is 0 Å². The van der Waals surface area contributed by atoms with E-state index in [2.05, 4.69) is 10.6 Å². The molecule has 0 fully saturated rings. The molecule has 0 aliphatic carbocycles. The molecule has 9 nitrogen and oxygen atoms in total. The van der Waals surface area contributed by atoms with Crippen LogP contribution in [-0.4, -0.2) is 64.0 Å². The van der Waals surface area contributed by atoms with Gasteiger partial charge in [-0.05, 0) is 32.4 Å². The Kier molecular flexibility index (Phi) is 8.90. The van der Waals surface area contributed by atoms with E-state index in [1.807, 2.05) is 0 Å². The van der Waals surface area contributed by atoms with E-state index < -0.39 is 39.8 Å². The Balaban J connectivity index is 2.96. The topological polar surface area (TPSA) is 128 Å². The Labute approximate surface area is 164 Å². The number of rotatable bonds is 10. The molecule has 2 amide bonds. The summed E-state index contributed by atoms with van der Waals surface area (Å²) in [5, 5.41) is 4.98. The van der Waals surface area contributed by atoms with Crippen molar-refractivity contribution in [3.05, 3.63) is 29.8 Å². The fraction of sp³-hybridized carbons (Fsp3) is 0.500. The van der Waals surface area contributed by atoms with Gasteiger partial charge < -0.3 is 20.1 Å². The molecule has 1 aromatic carbocycles. The molecule has 0 spiro atoms. The quantitative estimate of drug-likeness (QED) is 0.527. The van der Waals surface area contributed by atoms with Gasteiger partial charge in [0.2, 0.25) is 0 Å². The van der Waals surface area contributed by atoms with Crippen molar-refractivity contribution in [3.8, 4) is 5.75 Å². The molecule has 10 heteroatoms. The number of carbonyl (C=O) groups is 3. The summed E-state index contributed by atoms with van der Waals surface area (Å²) in [5.41, 5.74) is 0.180. The monoisotopic (exact) mass is 414 g/mol. The van der Waals surface area contributed by atoms with Crippen molar-refractivity contribution in [3.63, 3.8) is 0 Å². The largest absolute Gasteiger partial charge is 0.496 e. The summed E-state index contributed by atoms with van der Waals surface area (Å²) in [7, 11) is -1.98. The van der Waals surface area contributed by atoms with E-state index in [0.717, 1.165) is 6.26 Å². The minimum atomic E-state index is -3.38. The molecule has 0 aliphatic rings. The van der Waals surface area contributed by atoms with Crippen molar-refractivity contribution < 1.29 is 32.3 Å². The first-order chi connectivity index (χ1) is 13.1. The number of likely N-dealkylation sites (N-methyl/N-ethyl adjacent to an activating group) is 1. The molecule has 0 aliphatic heterocycles. The van der Waals surface area contributed by atoms with Gasteiger partial charge in [-0.1, -0.05) is 12.1 Å². The van der Waals surface area contributed by atoms with Gasteiger partial charge >= 0.3 is 5.97 Å². The molecule has 0 radical (unpaired) electrons. The summed E-state index contributed by atoms with van der Waals surface area (Å²) in [5.74, 6) is -2.06. The molecule has 0 saturated heterocycles. The standard InChI is InChI=1S/C18H26N2O7S/c1-5-19-16(21)12(2)27-18(23)14(10-11-28(4,24)25)20-17(22)13-8-6-7-9-15(13)26-3/h6-9,12,14H,5,10-11H2,1-4H3,(H,19,21)(H,20,22)/t12-,14+/m0/s1. The molecule has 156 valence electrons. The van der Waals surface area contributed by atoms with Crippen molar-refractivity contribution in [2.45, 2.75) is 32.4 Å². The molecule has 0 bridgehead atoms. The van der Waals surface area contributed by atoms with Gasteiger partial charge in [-0.2, -0.15) is 0 Å². The summed E-state index contributed by atoms with van der Waals surface area (Å²) in [4.78, 5) is 36.8. The number of hydrogen-bond acceptors (Lipinski definition) is 7. The maximum atomic E-state index is 12.6. The van der Waals surface area contributed by atoms with Crippen molar-refractivity contribution >= 4 is 27.6 Å². The third-order valence-electron chi connectivity index (χ3n) is 3.73. The lowest BCUT2D eigenvalue weighted by molar-refractivity contribution is -0.156. The SMILES string of the molecule is CCNC(=O)[C@H](C)OC(=O)[C@@H](CCS(C)(=O)=O)NC(=O)c1ccccc1OC. The van der Waals surface area contributed by atoms with Crippen LogP contribution in [0.25, 0.3) is 0 Å². The third-order valence-corrected chi connectivity index (χ3v) is 4.71. The number of benzene rings is 1. The van der Waals surface area contributed by atoms with Gasteiger partial charge in [-0.15, -0.1) is 0 Å². The van der Waals surface area contributed by atoms with Crippen LogP contribution in [-0.2, 0) is 24.2 Å². The van der Waals surface area contributed by atoms with Crippen molar-refractivity contribution in [2.24, 2.45) is 0 Å². The van der Waals surface area contributed by atoms with Gasteiger partial charge in [0.15, 0.2) is 6.10 Å². The molecule has 1 aromatic rings. The Hall–Kier alpha value is -2.62. The molecule has 28 heavy (non-hydrogen) atoms. The maximum absolute atomic E-state index is 12.6. The molecule has 0 unspecified atom stereocenters. The fourth-order valence-electron chi connectivity index (χ4n) is 2.28. The Morgan fingerprint density at radius 1 is 1.18 bits per heavy atom. The molecule has 2 N–H and O–H groups in total.